The Morgan fingerprint density at radius 3 is 1.09 bits per heavy atom. The predicted octanol–water partition coefficient (Wildman–Crippen LogP) is 2.69. The van der Waals surface area contributed by atoms with Gasteiger partial charge in [0.1, 0.15) is 31.0 Å². The number of rotatable bonds is 33. The van der Waals surface area contributed by atoms with Crippen molar-refractivity contribution in [2.24, 2.45) is 0 Å². The first-order chi connectivity index (χ1) is 22.8. The third-order valence-corrected chi connectivity index (χ3v) is 5.89. The zero-order chi connectivity index (χ0) is 32.6. The van der Waals surface area contributed by atoms with E-state index in [1.165, 1.54) is 0 Å². The van der Waals surface area contributed by atoms with E-state index >= 15 is 0 Å². The van der Waals surface area contributed by atoms with Gasteiger partial charge in [0.15, 0.2) is 0 Å². The van der Waals surface area contributed by atoms with Crippen LogP contribution in [0.3, 0.4) is 0 Å². The number of ether oxygens (including phenoxy) is 11. The summed E-state index contributed by atoms with van der Waals surface area (Å²) < 4.78 is 60.3. The van der Waals surface area contributed by atoms with Gasteiger partial charge in [-0.2, -0.15) is 0 Å². The molecule has 13 nitrogen and oxygen atoms in total. The normalized spacial score (nSPS) is 11.1. The van der Waals surface area contributed by atoms with Crippen LogP contribution in [-0.2, 0) is 42.6 Å². The minimum Gasteiger partial charge on any atom is -0.491 e. The third kappa shape index (κ3) is 22.6. The second kappa shape index (κ2) is 29.5. The van der Waals surface area contributed by atoms with Crippen molar-refractivity contribution in [1.29, 1.82) is 0 Å². The highest BCUT2D eigenvalue weighted by atomic mass is 16.6. The zero-order valence-corrected chi connectivity index (χ0v) is 26.8. The van der Waals surface area contributed by atoms with Crippen LogP contribution in [0.25, 0.3) is 0 Å². The molecule has 260 valence electrons. The highest BCUT2D eigenvalue weighted by Crippen LogP contribution is 2.19. The molecule has 0 amide bonds. The van der Waals surface area contributed by atoms with Gasteiger partial charge in [0.05, 0.1) is 125 Å². The molecule has 2 aromatic carbocycles. The van der Waals surface area contributed by atoms with Crippen LogP contribution >= 0.6 is 0 Å². The van der Waals surface area contributed by atoms with E-state index < -0.39 is 0 Å². The summed E-state index contributed by atoms with van der Waals surface area (Å²) in [6.07, 6.45) is 0.797. The maximum absolute atomic E-state index is 10.6. The molecule has 2 N–H and O–H groups in total. The first-order valence-electron chi connectivity index (χ1n) is 15.6. The third-order valence-electron chi connectivity index (χ3n) is 5.89. The van der Waals surface area contributed by atoms with Crippen LogP contribution in [0.2, 0.25) is 0 Å². The monoisotopic (exact) mass is 653 g/mol. The second-order valence-corrected chi connectivity index (χ2v) is 9.43. The quantitative estimate of drug-likeness (QED) is 0.0685. The number of anilines is 1. The number of nitrogens with two attached hydrogens (primary N) is 1. The summed E-state index contributed by atoms with van der Waals surface area (Å²) in [5, 5.41) is 0. The van der Waals surface area contributed by atoms with E-state index in [0.717, 1.165) is 6.29 Å². The molecule has 0 heterocycles. The van der Waals surface area contributed by atoms with Gasteiger partial charge in [-0.15, -0.1) is 0 Å². The fraction of sp³-hybridized carbons (Fsp3) is 0.606. The lowest BCUT2D eigenvalue weighted by atomic mass is 10.2. The zero-order valence-electron chi connectivity index (χ0n) is 26.8. The van der Waals surface area contributed by atoms with Crippen LogP contribution in [0, 0.1) is 0 Å². The van der Waals surface area contributed by atoms with Gasteiger partial charge < -0.3 is 57.8 Å². The van der Waals surface area contributed by atoms with Crippen molar-refractivity contribution < 1.29 is 56.9 Å². The first-order valence-corrected chi connectivity index (χ1v) is 15.6. The molecule has 0 atom stereocenters. The number of hydrogen-bond acceptors (Lipinski definition) is 13. The summed E-state index contributed by atoms with van der Waals surface area (Å²) in [6, 6.07) is 14.3. The van der Waals surface area contributed by atoms with Crippen molar-refractivity contribution in [3.8, 4) is 11.5 Å². The van der Waals surface area contributed by atoms with Gasteiger partial charge in [-0.3, -0.25) is 4.79 Å². The van der Waals surface area contributed by atoms with Crippen LogP contribution in [-0.4, -0.2) is 138 Å². The molecule has 0 aliphatic rings. The Hall–Kier alpha value is -2.85. The minimum absolute atomic E-state index is 0.429. The van der Waals surface area contributed by atoms with Crippen LogP contribution in [0.5, 0.6) is 11.5 Å². The Balaban J connectivity index is 1.16. The van der Waals surface area contributed by atoms with Gasteiger partial charge in [0.25, 0.3) is 0 Å². The topological polar surface area (TPSA) is 145 Å². The molecule has 13 heteroatoms. The maximum atomic E-state index is 10.6. The Labute approximate surface area is 272 Å². The summed E-state index contributed by atoms with van der Waals surface area (Å²) in [5.74, 6) is 1.37. The number of para-hydroxylation sites is 2. The summed E-state index contributed by atoms with van der Waals surface area (Å²) in [6.45, 7) is 9.69. The molecule has 0 saturated carbocycles. The standard InChI is InChI=1S/C33H51NO12/c34-32-3-1-2-4-33(32)46-28-26-44-24-22-42-20-18-40-16-14-38-12-10-36-9-11-37-13-15-39-17-19-41-21-23-43-25-27-45-31-7-5-30(29-35)6-8-31/h1-8,29H,9-28,34H2. The number of aldehydes is 1. The molecule has 46 heavy (non-hydrogen) atoms. The van der Waals surface area contributed by atoms with Crippen LogP contribution < -0.4 is 15.2 Å². The van der Waals surface area contributed by atoms with E-state index in [0.29, 0.717) is 155 Å². The summed E-state index contributed by atoms with van der Waals surface area (Å²) >= 11 is 0. The summed E-state index contributed by atoms with van der Waals surface area (Å²) in [7, 11) is 0. The van der Waals surface area contributed by atoms with Crippen molar-refractivity contribution in [3.63, 3.8) is 0 Å². The molecule has 0 aliphatic heterocycles. The highest BCUT2D eigenvalue weighted by molar-refractivity contribution is 5.74. The van der Waals surface area contributed by atoms with Gasteiger partial charge in [-0.25, -0.2) is 0 Å². The smallest absolute Gasteiger partial charge is 0.150 e. The minimum atomic E-state index is 0.429. The molecular weight excluding hydrogens is 602 g/mol. The maximum Gasteiger partial charge on any atom is 0.150 e. The number of nitrogen functional groups attached to an aromatic ring is 1. The molecular formula is C33H51NO12. The average Bonchev–Trinajstić information content (AvgIpc) is 3.08. The van der Waals surface area contributed by atoms with Crippen LogP contribution in [0.15, 0.2) is 48.5 Å². The Bertz CT molecular complexity index is 966. The largest absolute Gasteiger partial charge is 0.491 e. The Kier molecular flexibility index (Phi) is 25.3. The summed E-state index contributed by atoms with van der Waals surface area (Å²) in [4.78, 5) is 10.6. The van der Waals surface area contributed by atoms with E-state index in [9.17, 15) is 4.79 Å². The predicted molar refractivity (Wildman–Crippen MR) is 171 cm³/mol. The molecule has 0 unspecified atom stereocenters. The van der Waals surface area contributed by atoms with Crippen molar-refractivity contribution >= 4 is 12.0 Å². The molecule has 2 aromatic rings. The van der Waals surface area contributed by atoms with Gasteiger partial charge in [0.2, 0.25) is 0 Å². The molecule has 0 fully saturated rings. The lowest BCUT2D eigenvalue weighted by Crippen LogP contribution is -2.15. The van der Waals surface area contributed by atoms with E-state index in [1.807, 2.05) is 18.2 Å². The number of hydrogen-bond donors (Lipinski definition) is 1. The Morgan fingerprint density at radius 1 is 0.413 bits per heavy atom. The first kappa shape index (κ1) is 39.3. The molecule has 0 aliphatic carbocycles. The average molecular weight is 654 g/mol. The SMILES string of the molecule is Nc1ccccc1OCCOCCOCCOCCOCCOCCOCCOCCOCCOCCOc1ccc(C=O)cc1. The van der Waals surface area contributed by atoms with E-state index in [4.69, 9.17) is 57.8 Å². The van der Waals surface area contributed by atoms with Gasteiger partial charge >= 0.3 is 0 Å². The van der Waals surface area contributed by atoms with Crippen molar-refractivity contribution in [1.82, 2.24) is 0 Å². The van der Waals surface area contributed by atoms with Gasteiger partial charge in [0, 0.05) is 5.56 Å². The van der Waals surface area contributed by atoms with Crippen molar-refractivity contribution in [3.05, 3.63) is 54.1 Å². The lowest BCUT2D eigenvalue weighted by molar-refractivity contribution is -0.0257. The molecule has 0 radical (unpaired) electrons. The molecule has 0 saturated heterocycles. The number of benzene rings is 2. The van der Waals surface area contributed by atoms with Crippen LogP contribution in [0.1, 0.15) is 10.4 Å². The van der Waals surface area contributed by atoms with Gasteiger partial charge in [-0.1, -0.05) is 12.1 Å². The molecule has 0 aromatic heterocycles. The fourth-order valence-corrected chi connectivity index (χ4v) is 3.54. The van der Waals surface area contributed by atoms with E-state index in [1.54, 1.807) is 30.3 Å². The summed E-state index contributed by atoms with van der Waals surface area (Å²) in [5.41, 5.74) is 7.05. The second-order valence-electron chi connectivity index (χ2n) is 9.43. The van der Waals surface area contributed by atoms with Gasteiger partial charge in [-0.05, 0) is 36.4 Å². The van der Waals surface area contributed by atoms with E-state index in [-0.39, 0.29) is 0 Å². The van der Waals surface area contributed by atoms with Crippen molar-refractivity contribution in [2.75, 3.05) is 138 Å². The molecule has 0 bridgehead atoms. The highest BCUT2D eigenvalue weighted by Gasteiger charge is 1.99. The fourth-order valence-electron chi connectivity index (χ4n) is 3.54. The Morgan fingerprint density at radius 2 is 0.739 bits per heavy atom. The van der Waals surface area contributed by atoms with Crippen LogP contribution in [0.4, 0.5) is 5.69 Å². The lowest BCUT2D eigenvalue weighted by Gasteiger charge is -2.10. The number of carbonyl (C=O) groups excluding carboxylic acids is 1. The molecule has 2 rings (SSSR count). The number of carbonyl (C=O) groups is 1. The van der Waals surface area contributed by atoms with Crippen molar-refractivity contribution in [2.45, 2.75) is 0 Å². The molecule has 0 spiro atoms. The van der Waals surface area contributed by atoms with E-state index in [2.05, 4.69) is 0 Å².